The second-order valence-electron chi connectivity index (χ2n) is 2.76. The summed E-state index contributed by atoms with van der Waals surface area (Å²) in [5.41, 5.74) is 0. The van der Waals surface area contributed by atoms with Crippen molar-refractivity contribution < 1.29 is 22.6 Å². The first-order valence-corrected chi connectivity index (χ1v) is 6.57. The van der Waals surface area contributed by atoms with Gasteiger partial charge in [0, 0.05) is 32.7 Å². The summed E-state index contributed by atoms with van der Waals surface area (Å²) in [6.45, 7) is 9.43. The highest BCUT2D eigenvalue weighted by molar-refractivity contribution is 7.79. The summed E-state index contributed by atoms with van der Waals surface area (Å²) in [7, 11) is -4.67. The molecule has 1 heterocycles. The number of β-amino-alcohol motifs (C(OH)–C–C–N with tert-alkyl or cyclic N) is 1. The van der Waals surface area contributed by atoms with E-state index in [2.05, 4.69) is 10.2 Å². The van der Waals surface area contributed by atoms with Crippen LogP contribution in [0.15, 0.2) is 0 Å². The average molecular weight is 258 g/mol. The zero-order valence-electron chi connectivity index (χ0n) is 9.76. The molecule has 1 aliphatic heterocycles. The summed E-state index contributed by atoms with van der Waals surface area (Å²) in [5.74, 6) is 0. The molecule has 0 amide bonds. The predicted octanol–water partition coefficient (Wildman–Crippen LogP) is -0.743. The highest BCUT2D eigenvalue weighted by Gasteiger charge is 2.06. The fourth-order valence-electron chi connectivity index (χ4n) is 1.08. The van der Waals surface area contributed by atoms with E-state index < -0.39 is 10.4 Å². The topological polar surface area (TPSA) is 110 Å². The second-order valence-corrected chi connectivity index (χ2v) is 3.66. The number of piperazine rings is 1. The van der Waals surface area contributed by atoms with Gasteiger partial charge in [-0.1, -0.05) is 13.8 Å². The summed E-state index contributed by atoms with van der Waals surface area (Å²) in [6.07, 6.45) is 0. The first kappa shape index (κ1) is 18.1. The molecule has 0 saturated carbocycles. The van der Waals surface area contributed by atoms with Crippen LogP contribution in [0.1, 0.15) is 13.8 Å². The molecular weight excluding hydrogens is 236 g/mol. The van der Waals surface area contributed by atoms with Crippen molar-refractivity contribution in [3.8, 4) is 0 Å². The van der Waals surface area contributed by atoms with Crippen LogP contribution in [0.3, 0.4) is 0 Å². The van der Waals surface area contributed by atoms with Gasteiger partial charge in [-0.3, -0.25) is 14.0 Å². The fraction of sp³-hybridized carbons (Fsp3) is 1.00. The third-order valence-electron chi connectivity index (χ3n) is 1.63. The van der Waals surface area contributed by atoms with E-state index in [0.717, 1.165) is 32.7 Å². The molecule has 7 nitrogen and oxygen atoms in total. The number of hydrogen-bond acceptors (Lipinski definition) is 5. The van der Waals surface area contributed by atoms with Crippen LogP contribution in [0.25, 0.3) is 0 Å². The lowest BCUT2D eigenvalue weighted by molar-refractivity contribution is 0.180. The van der Waals surface area contributed by atoms with Crippen molar-refractivity contribution in [2.75, 3.05) is 39.3 Å². The molecule has 0 aliphatic carbocycles. The van der Waals surface area contributed by atoms with Gasteiger partial charge in [0.2, 0.25) is 0 Å². The van der Waals surface area contributed by atoms with Crippen LogP contribution < -0.4 is 5.32 Å². The Hall–Kier alpha value is -0.250. The minimum absolute atomic E-state index is 0.292. The molecule has 4 N–H and O–H groups in total. The smallest absolute Gasteiger partial charge is 0.394 e. The van der Waals surface area contributed by atoms with Gasteiger partial charge in [-0.15, -0.1) is 0 Å². The SMILES string of the molecule is CC.O=S(=O)(O)O.OCCN1CCNCC1. The van der Waals surface area contributed by atoms with Gasteiger partial charge in [0.25, 0.3) is 0 Å². The molecule has 0 atom stereocenters. The van der Waals surface area contributed by atoms with Crippen molar-refractivity contribution in [3.63, 3.8) is 0 Å². The fourth-order valence-corrected chi connectivity index (χ4v) is 1.08. The largest absolute Gasteiger partial charge is 0.395 e. The van der Waals surface area contributed by atoms with Gasteiger partial charge in [-0.25, -0.2) is 0 Å². The second kappa shape index (κ2) is 11.2. The van der Waals surface area contributed by atoms with Gasteiger partial charge < -0.3 is 10.4 Å². The first-order chi connectivity index (χ1) is 7.43. The molecule has 1 rings (SSSR count). The molecule has 0 aromatic rings. The lowest BCUT2D eigenvalue weighted by Crippen LogP contribution is -2.44. The number of aliphatic hydroxyl groups excluding tert-OH is 1. The maximum atomic E-state index is 8.74. The standard InChI is InChI=1S/C6H14N2O.C2H6.H2O4S/c9-6-5-8-3-1-7-2-4-8;1-2;1-5(2,3)4/h7,9H,1-6H2;1-2H3;(H2,1,2,3,4). The van der Waals surface area contributed by atoms with E-state index in [1.54, 1.807) is 0 Å². The highest BCUT2D eigenvalue weighted by atomic mass is 32.3. The van der Waals surface area contributed by atoms with E-state index in [9.17, 15) is 0 Å². The van der Waals surface area contributed by atoms with E-state index in [1.165, 1.54) is 0 Å². The highest BCUT2D eigenvalue weighted by Crippen LogP contribution is 1.88. The Morgan fingerprint density at radius 1 is 1.19 bits per heavy atom. The quantitative estimate of drug-likeness (QED) is 0.483. The molecule has 0 radical (unpaired) electrons. The Balaban J connectivity index is 0. The minimum atomic E-state index is -4.67. The first-order valence-electron chi connectivity index (χ1n) is 5.17. The summed E-state index contributed by atoms with van der Waals surface area (Å²) >= 11 is 0. The minimum Gasteiger partial charge on any atom is -0.395 e. The summed E-state index contributed by atoms with van der Waals surface area (Å²) in [4.78, 5) is 2.26. The van der Waals surface area contributed by atoms with Crippen molar-refractivity contribution in [2.24, 2.45) is 0 Å². The molecule has 0 spiro atoms. The van der Waals surface area contributed by atoms with Gasteiger partial charge in [0.15, 0.2) is 0 Å². The Morgan fingerprint density at radius 2 is 1.56 bits per heavy atom. The molecule has 0 bridgehead atoms. The molecule has 0 aromatic heterocycles. The van der Waals surface area contributed by atoms with Crippen molar-refractivity contribution in [2.45, 2.75) is 13.8 Å². The summed E-state index contributed by atoms with van der Waals surface area (Å²) < 4.78 is 31.6. The third-order valence-corrected chi connectivity index (χ3v) is 1.63. The van der Waals surface area contributed by atoms with Crippen molar-refractivity contribution >= 4 is 10.4 Å². The van der Waals surface area contributed by atoms with Crippen LogP contribution in [0.2, 0.25) is 0 Å². The number of nitrogens with zero attached hydrogens (tertiary/aromatic N) is 1. The van der Waals surface area contributed by atoms with Gasteiger partial charge in [0.05, 0.1) is 6.61 Å². The Kier molecular flexibility index (Phi) is 12.7. The molecule has 0 unspecified atom stereocenters. The maximum Gasteiger partial charge on any atom is 0.394 e. The molecule has 1 saturated heterocycles. The maximum absolute atomic E-state index is 8.74. The Labute approximate surface area is 97.0 Å². The molecule has 8 heteroatoms. The van der Waals surface area contributed by atoms with E-state index in [1.807, 2.05) is 13.8 Å². The molecule has 1 aliphatic rings. The summed E-state index contributed by atoms with van der Waals surface area (Å²) in [6, 6.07) is 0. The lowest BCUT2D eigenvalue weighted by Gasteiger charge is -2.25. The van der Waals surface area contributed by atoms with Crippen LogP contribution in [0.4, 0.5) is 0 Å². The zero-order valence-corrected chi connectivity index (χ0v) is 10.6. The van der Waals surface area contributed by atoms with Crippen molar-refractivity contribution in [1.29, 1.82) is 0 Å². The van der Waals surface area contributed by atoms with Gasteiger partial charge >= 0.3 is 10.4 Å². The number of rotatable bonds is 2. The normalized spacial score (nSPS) is 16.6. The van der Waals surface area contributed by atoms with Crippen molar-refractivity contribution in [3.05, 3.63) is 0 Å². The van der Waals surface area contributed by atoms with Crippen LogP contribution in [-0.4, -0.2) is 66.9 Å². The zero-order chi connectivity index (χ0) is 13.0. The van der Waals surface area contributed by atoms with E-state index in [0.29, 0.717) is 6.61 Å². The Morgan fingerprint density at radius 3 is 1.88 bits per heavy atom. The van der Waals surface area contributed by atoms with Crippen LogP contribution in [0.5, 0.6) is 0 Å². The van der Waals surface area contributed by atoms with E-state index in [4.69, 9.17) is 22.6 Å². The van der Waals surface area contributed by atoms with Crippen LogP contribution >= 0.6 is 0 Å². The molecular formula is C8H22N2O5S. The van der Waals surface area contributed by atoms with Crippen LogP contribution in [0, 0.1) is 0 Å². The van der Waals surface area contributed by atoms with Crippen LogP contribution in [-0.2, 0) is 10.4 Å². The van der Waals surface area contributed by atoms with Crippen molar-refractivity contribution in [1.82, 2.24) is 10.2 Å². The number of aliphatic hydroxyl groups is 1. The average Bonchev–Trinajstić information content (AvgIpc) is 2.20. The Bertz CT molecular complexity index is 216. The number of hydrogen-bond donors (Lipinski definition) is 4. The van der Waals surface area contributed by atoms with Gasteiger partial charge in [0.1, 0.15) is 0 Å². The molecule has 0 aromatic carbocycles. The molecule has 100 valence electrons. The van der Waals surface area contributed by atoms with E-state index >= 15 is 0 Å². The third kappa shape index (κ3) is 19.3. The molecule has 1 fully saturated rings. The molecule has 16 heavy (non-hydrogen) atoms. The monoisotopic (exact) mass is 258 g/mol. The lowest BCUT2D eigenvalue weighted by atomic mass is 10.4. The van der Waals surface area contributed by atoms with E-state index in [-0.39, 0.29) is 0 Å². The van der Waals surface area contributed by atoms with Gasteiger partial charge in [-0.05, 0) is 0 Å². The van der Waals surface area contributed by atoms with Gasteiger partial charge in [-0.2, -0.15) is 8.42 Å². The predicted molar refractivity (Wildman–Crippen MR) is 61.9 cm³/mol. The summed E-state index contributed by atoms with van der Waals surface area (Å²) in [5, 5.41) is 11.8. The number of nitrogens with one attached hydrogen (secondary N) is 1.